The molecule has 1 heterocycles. The maximum absolute atomic E-state index is 5.47. The van der Waals surface area contributed by atoms with Crippen molar-refractivity contribution < 1.29 is 9.47 Å². The van der Waals surface area contributed by atoms with Gasteiger partial charge in [0.05, 0.1) is 12.3 Å². The van der Waals surface area contributed by atoms with Crippen molar-refractivity contribution in [1.82, 2.24) is 9.97 Å². The van der Waals surface area contributed by atoms with Crippen molar-refractivity contribution in [2.24, 2.45) is 0 Å². The summed E-state index contributed by atoms with van der Waals surface area (Å²) in [6.07, 6.45) is 3.99. The summed E-state index contributed by atoms with van der Waals surface area (Å²) in [6.45, 7) is 1.07. The van der Waals surface area contributed by atoms with Gasteiger partial charge in [-0.3, -0.25) is 0 Å². The number of hydrogen-bond donors (Lipinski definition) is 0. The van der Waals surface area contributed by atoms with Crippen LogP contribution in [0.25, 0.3) is 0 Å². The Morgan fingerprint density at radius 2 is 2.20 bits per heavy atom. The highest BCUT2D eigenvalue weighted by Gasteiger charge is 2.28. The normalized spacial score (nSPS) is 15.3. The smallest absolute Gasteiger partial charge is 0.231 e. The van der Waals surface area contributed by atoms with Crippen LogP contribution in [0.2, 0.25) is 0 Å². The van der Waals surface area contributed by atoms with Crippen LogP contribution in [0, 0.1) is 0 Å². The molecule has 0 saturated heterocycles. The Kier molecular flexibility index (Phi) is 3.53. The quantitative estimate of drug-likeness (QED) is 0.771. The summed E-state index contributed by atoms with van der Waals surface area (Å²) >= 11 is 3.48. The van der Waals surface area contributed by atoms with Crippen LogP contribution < -0.4 is 4.74 Å². The lowest BCUT2D eigenvalue weighted by molar-refractivity contribution is 0.143. The van der Waals surface area contributed by atoms with Crippen molar-refractivity contribution in [3.63, 3.8) is 0 Å². The fraction of sp³-hybridized carbons (Fsp3) is 0.600. The molecule has 0 spiro atoms. The van der Waals surface area contributed by atoms with Gasteiger partial charge in [-0.05, 0) is 28.8 Å². The van der Waals surface area contributed by atoms with Crippen LogP contribution in [-0.2, 0) is 4.74 Å². The molecule has 1 aromatic rings. The van der Waals surface area contributed by atoms with Crippen molar-refractivity contribution >= 4 is 15.9 Å². The fourth-order valence-electron chi connectivity index (χ4n) is 1.33. The Morgan fingerprint density at radius 1 is 1.40 bits per heavy atom. The fourth-order valence-corrected chi connectivity index (χ4v) is 1.97. The van der Waals surface area contributed by atoms with Crippen LogP contribution in [0.15, 0.2) is 10.8 Å². The predicted octanol–water partition coefficient (Wildman–Crippen LogP) is 2.14. The lowest BCUT2D eigenvalue weighted by atomic mass is 10.3. The van der Waals surface area contributed by atoms with Crippen molar-refractivity contribution in [2.45, 2.75) is 18.8 Å². The van der Waals surface area contributed by atoms with Gasteiger partial charge in [-0.1, -0.05) is 0 Å². The maximum atomic E-state index is 5.47. The van der Waals surface area contributed by atoms with Crippen LogP contribution in [0.5, 0.6) is 5.88 Å². The van der Waals surface area contributed by atoms with Gasteiger partial charge in [0.1, 0.15) is 17.4 Å². The Labute approximate surface area is 97.1 Å². The van der Waals surface area contributed by atoms with Gasteiger partial charge in [-0.25, -0.2) is 9.97 Å². The number of aromatic nitrogens is 2. The van der Waals surface area contributed by atoms with Gasteiger partial charge < -0.3 is 9.47 Å². The second kappa shape index (κ2) is 4.90. The van der Waals surface area contributed by atoms with Gasteiger partial charge in [-0.2, -0.15) is 0 Å². The Morgan fingerprint density at radius 3 is 2.87 bits per heavy atom. The molecular formula is C10H13BrN2O2. The van der Waals surface area contributed by atoms with E-state index in [-0.39, 0.29) is 0 Å². The Balaban J connectivity index is 2.06. The highest BCUT2D eigenvalue weighted by molar-refractivity contribution is 9.10. The summed E-state index contributed by atoms with van der Waals surface area (Å²) in [5.74, 6) is 1.20. The standard InChI is InChI=1S/C10H13BrN2O2/c1-14-4-5-15-10-8(11)9(7-2-3-7)12-6-13-10/h6-7H,2-5H2,1H3. The molecular weight excluding hydrogens is 260 g/mol. The number of ether oxygens (including phenoxy) is 2. The zero-order valence-electron chi connectivity index (χ0n) is 8.57. The number of rotatable bonds is 5. The molecule has 0 aliphatic heterocycles. The monoisotopic (exact) mass is 272 g/mol. The molecule has 0 radical (unpaired) electrons. The van der Waals surface area contributed by atoms with Crippen molar-refractivity contribution in [2.75, 3.05) is 20.3 Å². The molecule has 1 aromatic heterocycles. The van der Waals surface area contributed by atoms with E-state index in [4.69, 9.17) is 9.47 Å². The van der Waals surface area contributed by atoms with Gasteiger partial charge in [-0.15, -0.1) is 0 Å². The molecule has 82 valence electrons. The van der Waals surface area contributed by atoms with E-state index < -0.39 is 0 Å². The van der Waals surface area contributed by atoms with Crippen molar-refractivity contribution in [3.8, 4) is 5.88 Å². The first-order chi connectivity index (χ1) is 7.33. The van der Waals surface area contributed by atoms with Gasteiger partial charge in [0.25, 0.3) is 0 Å². The minimum atomic E-state index is 0.510. The molecule has 15 heavy (non-hydrogen) atoms. The second-order valence-electron chi connectivity index (χ2n) is 3.49. The Hall–Kier alpha value is -0.680. The van der Waals surface area contributed by atoms with Gasteiger partial charge in [0, 0.05) is 13.0 Å². The highest BCUT2D eigenvalue weighted by atomic mass is 79.9. The number of halogens is 1. The van der Waals surface area contributed by atoms with E-state index in [0.29, 0.717) is 25.0 Å². The first-order valence-corrected chi connectivity index (χ1v) is 5.74. The molecule has 1 fully saturated rings. The van der Waals surface area contributed by atoms with Crippen LogP contribution in [0.4, 0.5) is 0 Å². The average Bonchev–Trinajstić information content (AvgIpc) is 3.05. The zero-order chi connectivity index (χ0) is 10.7. The SMILES string of the molecule is COCCOc1ncnc(C2CC2)c1Br. The summed E-state index contributed by atoms with van der Waals surface area (Å²) in [7, 11) is 1.65. The summed E-state index contributed by atoms with van der Waals surface area (Å²) < 4.78 is 11.3. The van der Waals surface area contributed by atoms with E-state index in [2.05, 4.69) is 25.9 Å². The average molecular weight is 273 g/mol. The molecule has 2 rings (SSSR count). The third kappa shape index (κ3) is 2.66. The topological polar surface area (TPSA) is 44.2 Å². The van der Waals surface area contributed by atoms with Gasteiger partial charge in [0.2, 0.25) is 5.88 Å². The molecule has 1 aliphatic rings. The number of nitrogens with zero attached hydrogens (tertiary/aromatic N) is 2. The Bertz CT molecular complexity index is 342. The lowest BCUT2D eigenvalue weighted by Crippen LogP contribution is -2.07. The van der Waals surface area contributed by atoms with Crippen LogP contribution in [-0.4, -0.2) is 30.3 Å². The summed E-state index contributed by atoms with van der Waals surface area (Å²) in [4.78, 5) is 8.35. The third-order valence-electron chi connectivity index (χ3n) is 2.27. The van der Waals surface area contributed by atoms with Gasteiger partial charge in [0.15, 0.2) is 0 Å². The van der Waals surface area contributed by atoms with E-state index in [1.807, 2.05) is 0 Å². The first-order valence-electron chi connectivity index (χ1n) is 4.95. The van der Waals surface area contributed by atoms with E-state index >= 15 is 0 Å². The predicted molar refractivity (Wildman–Crippen MR) is 59.1 cm³/mol. The summed E-state index contributed by atoms with van der Waals surface area (Å²) in [5.41, 5.74) is 1.07. The molecule has 0 amide bonds. The van der Waals surface area contributed by atoms with Crippen LogP contribution in [0.1, 0.15) is 24.5 Å². The molecule has 0 N–H and O–H groups in total. The first kappa shape index (κ1) is 10.8. The molecule has 4 nitrogen and oxygen atoms in total. The molecule has 5 heteroatoms. The van der Waals surface area contributed by atoms with E-state index in [9.17, 15) is 0 Å². The molecule has 0 aromatic carbocycles. The number of methoxy groups -OCH3 is 1. The molecule has 1 aliphatic carbocycles. The zero-order valence-corrected chi connectivity index (χ0v) is 10.2. The molecule has 0 bridgehead atoms. The summed E-state index contributed by atoms with van der Waals surface area (Å²) in [5, 5.41) is 0. The molecule has 0 unspecified atom stereocenters. The minimum Gasteiger partial charge on any atom is -0.474 e. The largest absolute Gasteiger partial charge is 0.474 e. The van der Waals surface area contributed by atoms with Crippen LogP contribution >= 0.6 is 15.9 Å². The van der Waals surface area contributed by atoms with E-state index in [0.717, 1.165) is 10.2 Å². The maximum Gasteiger partial charge on any atom is 0.231 e. The highest BCUT2D eigenvalue weighted by Crippen LogP contribution is 2.43. The summed E-state index contributed by atoms with van der Waals surface area (Å²) in [6, 6.07) is 0. The lowest BCUT2D eigenvalue weighted by Gasteiger charge is -2.08. The molecule has 0 atom stereocenters. The van der Waals surface area contributed by atoms with E-state index in [1.54, 1.807) is 13.4 Å². The van der Waals surface area contributed by atoms with E-state index in [1.165, 1.54) is 12.8 Å². The van der Waals surface area contributed by atoms with Gasteiger partial charge >= 0.3 is 0 Å². The third-order valence-corrected chi connectivity index (χ3v) is 3.02. The van der Waals surface area contributed by atoms with Crippen molar-refractivity contribution in [3.05, 3.63) is 16.5 Å². The second-order valence-corrected chi connectivity index (χ2v) is 4.29. The molecule has 1 saturated carbocycles. The minimum absolute atomic E-state index is 0.510. The van der Waals surface area contributed by atoms with Crippen molar-refractivity contribution in [1.29, 1.82) is 0 Å². The van der Waals surface area contributed by atoms with Crippen LogP contribution in [0.3, 0.4) is 0 Å². The number of hydrogen-bond acceptors (Lipinski definition) is 4.